The second kappa shape index (κ2) is 6.77. The SMILES string of the molecule is CC(C)CC(CN)NC(=O)c1cccc(C#N)c1. The standard InChI is InChI=1S/C14H19N3O/c1-10(2)6-13(9-16)17-14(18)12-5-3-4-11(7-12)8-15/h3-5,7,10,13H,6,9,16H2,1-2H3,(H,17,18). The summed E-state index contributed by atoms with van der Waals surface area (Å²) in [6, 6.07) is 8.64. The van der Waals surface area contributed by atoms with Gasteiger partial charge in [-0.1, -0.05) is 19.9 Å². The summed E-state index contributed by atoms with van der Waals surface area (Å²) in [7, 11) is 0. The van der Waals surface area contributed by atoms with Crippen LogP contribution in [0.5, 0.6) is 0 Å². The van der Waals surface area contributed by atoms with Gasteiger partial charge in [0.25, 0.3) is 5.91 Å². The highest BCUT2D eigenvalue weighted by Crippen LogP contribution is 2.07. The first-order valence-corrected chi connectivity index (χ1v) is 6.08. The van der Waals surface area contributed by atoms with E-state index in [4.69, 9.17) is 11.0 Å². The molecule has 96 valence electrons. The number of amides is 1. The fraction of sp³-hybridized carbons (Fsp3) is 0.429. The molecule has 0 saturated heterocycles. The minimum Gasteiger partial charge on any atom is -0.348 e. The van der Waals surface area contributed by atoms with E-state index in [1.807, 2.05) is 6.07 Å². The molecule has 1 aromatic rings. The third-order valence-electron chi connectivity index (χ3n) is 2.63. The Morgan fingerprint density at radius 1 is 1.50 bits per heavy atom. The molecule has 1 rings (SSSR count). The molecule has 0 saturated carbocycles. The minimum absolute atomic E-state index is 0.0248. The molecule has 4 heteroatoms. The average Bonchev–Trinajstić information content (AvgIpc) is 2.37. The van der Waals surface area contributed by atoms with Crippen molar-refractivity contribution in [2.24, 2.45) is 11.7 Å². The number of rotatable bonds is 5. The number of nitrogens with one attached hydrogen (secondary N) is 1. The Kier molecular flexibility index (Phi) is 5.34. The lowest BCUT2D eigenvalue weighted by Crippen LogP contribution is -2.41. The van der Waals surface area contributed by atoms with Gasteiger partial charge in [0.05, 0.1) is 11.6 Å². The number of benzene rings is 1. The molecule has 1 aromatic carbocycles. The smallest absolute Gasteiger partial charge is 0.251 e. The fourth-order valence-electron chi connectivity index (χ4n) is 1.78. The number of nitrogens with zero attached hydrogens (tertiary/aromatic N) is 1. The summed E-state index contributed by atoms with van der Waals surface area (Å²) >= 11 is 0. The third-order valence-corrected chi connectivity index (χ3v) is 2.63. The van der Waals surface area contributed by atoms with E-state index in [0.717, 1.165) is 6.42 Å². The third kappa shape index (κ3) is 4.19. The van der Waals surface area contributed by atoms with Crippen LogP contribution in [0.3, 0.4) is 0 Å². The number of nitrogens with two attached hydrogens (primary N) is 1. The van der Waals surface area contributed by atoms with Gasteiger partial charge in [-0.3, -0.25) is 4.79 Å². The van der Waals surface area contributed by atoms with Gasteiger partial charge in [-0.15, -0.1) is 0 Å². The van der Waals surface area contributed by atoms with E-state index in [1.165, 1.54) is 0 Å². The molecular weight excluding hydrogens is 226 g/mol. The molecular formula is C14H19N3O. The lowest BCUT2D eigenvalue weighted by Gasteiger charge is -2.18. The van der Waals surface area contributed by atoms with Crippen LogP contribution in [0.2, 0.25) is 0 Å². The van der Waals surface area contributed by atoms with Crippen molar-refractivity contribution < 1.29 is 4.79 Å². The van der Waals surface area contributed by atoms with Crippen LogP contribution >= 0.6 is 0 Å². The topological polar surface area (TPSA) is 78.9 Å². The Morgan fingerprint density at radius 2 is 2.22 bits per heavy atom. The maximum Gasteiger partial charge on any atom is 0.251 e. The van der Waals surface area contributed by atoms with Crippen molar-refractivity contribution in [1.29, 1.82) is 5.26 Å². The zero-order valence-electron chi connectivity index (χ0n) is 10.8. The van der Waals surface area contributed by atoms with Crippen molar-refractivity contribution in [1.82, 2.24) is 5.32 Å². The lowest BCUT2D eigenvalue weighted by atomic mass is 10.0. The van der Waals surface area contributed by atoms with E-state index >= 15 is 0 Å². The fourth-order valence-corrected chi connectivity index (χ4v) is 1.78. The zero-order chi connectivity index (χ0) is 13.5. The van der Waals surface area contributed by atoms with E-state index in [1.54, 1.807) is 24.3 Å². The number of carbonyl (C=O) groups is 1. The normalized spacial score (nSPS) is 11.9. The van der Waals surface area contributed by atoms with E-state index in [0.29, 0.717) is 23.6 Å². The van der Waals surface area contributed by atoms with Gasteiger partial charge in [0.2, 0.25) is 0 Å². The largest absolute Gasteiger partial charge is 0.348 e. The maximum absolute atomic E-state index is 12.0. The van der Waals surface area contributed by atoms with Gasteiger partial charge in [0.1, 0.15) is 0 Å². The summed E-state index contributed by atoms with van der Waals surface area (Å²) in [4.78, 5) is 12.0. The quantitative estimate of drug-likeness (QED) is 0.828. The maximum atomic E-state index is 12.0. The first-order valence-electron chi connectivity index (χ1n) is 6.08. The number of nitriles is 1. The molecule has 1 amide bonds. The molecule has 18 heavy (non-hydrogen) atoms. The molecule has 0 aliphatic carbocycles. The molecule has 0 aliphatic rings. The summed E-state index contributed by atoms with van der Waals surface area (Å²) in [5, 5.41) is 11.7. The van der Waals surface area contributed by atoms with Crippen LogP contribution in [0.4, 0.5) is 0 Å². The van der Waals surface area contributed by atoms with Crippen LogP contribution in [-0.2, 0) is 0 Å². The van der Waals surface area contributed by atoms with Crippen molar-refractivity contribution >= 4 is 5.91 Å². The van der Waals surface area contributed by atoms with Crippen LogP contribution in [0.15, 0.2) is 24.3 Å². The molecule has 1 unspecified atom stereocenters. The summed E-state index contributed by atoms with van der Waals surface area (Å²) in [6.45, 7) is 4.60. The van der Waals surface area contributed by atoms with E-state index in [-0.39, 0.29) is 11.9 Å². The van der Waals surface area contributed by atoms with Gasteiger partial charge in [0.15, 0.2) is 0 Å². The van der Waals surface area contributed by atoms with Crippen molar-refractivity contribution in [2.75, 3.05) is 6.54 Å². The van der Waals surface area contributed by atoms with Gasteiger partial charge >= 0.3 is 0 Å². The molecule has 0 spiro atoms. The Morgan fingerprint density at radius 3 is 2.78 bits per heavy atom. The molecule has 1 atom stereocenters. The highest BCUT2D eigenvalue weighted by molar-refractivity contribution is 5.94. The van der Waals surface area contributed by atoms with Crippen LogP contribution < -0.4 is 11.1 Å². The van der Waals surface area contributed by atoms with Gasteiger partial charge < -0.3 is 11.1 Å². The highest BCUT2D eigenvalue weighted by Gasteiger charge is 2.13. The highest BCUT2D eigenvalue weighted by atomic mass is 16.1. The zero-order valence-corrected chi connectivity index (χ0v) is 10.8. The first kappa shape index (κ1) is 14.2. The van der Waals surface area contributed by atoms with E-state index in [9.17, 15) is 4.79 Å². The molecule has 0 radical (unpaired) electrons. The lowest BCUT2D eigenvalue weighted by molar-refractivity contribution is 0.0933. The summed E-state index contributed by atoms with van der Waals surface area (Å²) < 4.78 is 0. The van der Waals surface area contributed by atoms with Gasteiger partial charge in [0, 0.05) is 18.2 Å². The Hall–Kier alpha value is -1.86. The number of carbonyl (C=O) groups excluding carboxylic acids is 1. The van der Waals surface area contributed by atoms with E-state index < -0.39 is 0 Å². The van der Waals surface area contributed by atoms with Gasteiger partial charge in [-0.05, 0) is 30.5 Å². The van der Waals surface area contributed by atoms with Crippen molar-refractivity contribution in [3.8, 4) is 6.07 Å². The molecule has 0 aliphatic heterocycles. The van der Waals surface area contributed by atoms with Gasteiger partial charge in [-0.25, -0.2) is 0 Å². The predicted molar refractivity (Wildman–Crippen MR) is 70.9 cm³/mol. The molecule has 4 nitrogen and oxygen atoms in total. The number of hydrogen-bond donors (Lipinski definition) is 2. The molecule has 0 fully saturated rings. The number of hydrogen-bond acceptors (Lipinski definition) is 3. The van der Waals surface area contributed by atoms with E-state index in [2.05, 4.69) is 19.2 Å². The van der Waals surface area contributed by atoms with Crippen LogP contribution in [0, 0.1) is 17.2 Å². The second-order valence-corrected chi connectivity index (χ2v) is 4.73. The predicted octanol–water partition coefficient (Wildman–Crippen LogP) is 1.66. The minimum atomic E-state index is -0.178. The summed E-state index contributed by atoms with van der Waals surface area (Å²) in [5.74, 6) is 0.299. The van der Waals surface area contributed by atoms with Crippen molar-refractivity contribution in [3.05, 3.63) is 35.4 Å². The summed E-state index contributed by atoms with van der Waals surface area (Å²) in [5.41, 5.74) is 6.62. The Labute approximate surface area is 108 Å². The average molecular weight is 245 g/mol. The Balaban J connectivity index is 2.72. The van der Waals surface area contributed by atoms with Crippen molar-refractivity contribution in [3.63, 3.8) is 0 Å². The van der Waals surface area contributed by atoms with Gasteiger partial charge in [-0.2, -0.15) is 5.26 Å². The molecule has 3 N–H and O–H groups in total. The first-order chi connectivity index (χ1) is 8.56. The molecule has 0 heterocycles. The second-order valence-electron chi connectivity index (χ2n) is 4.73. The van der Waals surface area contributed by atoms with Crippen molar-refractivity contribution in [2.45, 2.75) is 26.3 Å². The molecule has 0 aromatic heterocycles. The Bertz CT molecular complexity index is 449. The molecule has 0 bridgehead atoms. The summed E-state index contributed by atoms with van der Waals surface area (Å²) in [6.07, 6.45) is 0.847. The van der Waals surface area contributed by atoms with Crippen LogP contribution in [-0.4, -0.2) is 18.5 Å². The van der Waals surface area contributed by atoms with Crippen LogP contribution in [0.1, 0.15) is 36.2 Å². The van der Waals surface area contributed by atoms with Crippen LogP contribution in [0.25, 0.3) is 0 Å². The monoisotopic (exact) mass is 245 g/mol.